The van der Waals surface area contributed by atoms with Crippen LogP contribution in [0.15, 0.2) is 42.7 Å². The maximum atomic E-state index is 15.0. The molecule has 19 heteroatoms. The topological polar surface area (TPSA) is 197 Å². The van der Waals surface area contributed by atoms with Gasteiger partial charge in [0.25, 0.3) is 11.8 Å². The molecule has 4 fully saturated rings. The van der Waals surface area contributed by atoms with E-state index in [0.29, 0.717) is 70.3 Å². The molecule has 1 aliphatic carbocycles. The number of likely N-dealkylation sites (tertiary alicyclic amines) is 1. The molecule has 5 aliphatic rings. The smallest absolute Gasteiger partial charge is 0.342 e. The van der Waals surface area contributed by atoms with Crippen molar-refractivity contribution in [3.63, 3.8) is 0 Å². The van der Waals surface area contributed by atoms with Crippen molar-refractivity contribution in [3.8, 4) is 5.75 Å². The summed E-state index contributed by atoms with van der Waals surface area (Å²) in [5.74, 6) is -6.21. The fraction of sp³-hybridized carbons (Fsp3) is 0.524. The first-order valence-corrected chi connectivity index (χ1v) is 21.1. The number of nitrogens with one attached hydrogen (secondary N) is 3. The number of halogens is 2. The Kier molecular flexibility index (Phi) is 12.0. The molecule has 1 atom stereocenters. The van der Waals surface area contributed by atoms with E-state index in [1.54, 1.807) is 12.3 Å². The lowest BCUT2D eigenvalue weighted by atomic mass is 9.94. The number of pyridine rings is 1. The van der Waals surface area contributed by atoms with Crippen molar-refractivity contribution < 1.29 is 37.9 Å². The van der Waals surface area contributed by atoms with Gasteiger partial charge in [0.1, 0.15) is 11.4 Å². The number of anilines is 5. The third kappa shape index (κ3) is 9.20. The second-order valence-electron chi connectivity index (χ2n) is 16.5. The van der Waals surface area contributed by atoms with Crippen LogP contribution in [0.5, 0.6) is 5.75 Å². The number of phenolic OH excluding ortho intramolecular Hbond substituents is 1. The van der Waals surface area contributed by atoms with Crippen LogP contribution in [0.4, 0.5) is 37.6 Å². The molecule has 4 aliphatic heterocycles. The predicted octanol–water partition coefficient (Wildman–Crippen LogP) is 3.13. The molecule has 6 heterocycles. The molecule has 0 spiro atoms. The zero-order valence-electron chi connectivity index (χ0n) is 34.1. The molecule has 2 aromatic heterocycles. The predicted molar refractivity (Wildman–Crippen MR) is 221 cm³/mol. The van der Waals surface area contributed by atoms with Crippen LogP contribution in [0.3, 0.4) is 0 Å². The summed E-state index contributed by atoms with van der Waals surface area (Å²) < 4.78 is 29.9. The highest BCUT2D eigenvalue weighted by atomic mass is 19.3. The number of hydrogen-bond donors (Lipinski definition) is 4. The van der Waals surface area contributed by atoms with Crippen LogP contribution in [-0.4, -0.2) is 137 Å². The van der Waals surface area contributed by atoms with Crippen LogP contribution in [0.2, 0.25) is 0 Å². The number of nitrogens with zero attached hydrogens (tertiary/aromatic N) is 8. The summed E-state index contributed by atoms with van der Waals surface area (Å²) in [7, 11) is 1.28. The van der Waals surface area contributed by atoms with Gasteiger partial charge in [-0.3, -0.25) is 39.2 Å². The zero-order valence-corrected chi connectivity index (χ0v) is 34.1. The molecular weight excluding hydrogens is 793 g/mol. The monoisotopic (exact) mass is 843 g/mol. The number of carbonyl (C=O) groups is 5. The van der Waals surface area contributed by atoms with Crippen LogP contribution < -0.4 is 30.7 Å². The standard InChI is InChI=1S/C42H51F2N11O6/c1-51-33-24-46-41(50-37(33)55(28-4-2-3-5-28)25-42(43,44)40(51)61)48-31-8-6-26(22-34(31)56)38(59)47-27-11-16-54(17-12-27)36(58)13-15-52-18-20-53(21-19-52)29-10-14-45-32(23-29)30-7-9-35(57)49-39(30)60/h6,8,10,14,22-24,27-28,30,56H,2-5,7,9,11-13,15-21,25H2,1H3,(H,47,59)(H,46,48,50)(H,49,57,60). The highest BCUT2D eigenvalue weighted by Crippen LogP contribution is 2.40. The van der Waals surface area contributed by atoms with E-state index in [0.717, 1.165) is 49.6 Å². The number of fused-ring (bicyclic) bond motifs is 1. The lowest BCUT2D eigenvalue weighted by Crippen LogP contribution is -2.49. The van der Waals surface area contributed by atoms with Gasteiger partial charge in [0.05, 0.1) is 30.0 Å². The van der Waals surface area contributed by atoms with Crippen molar-refractivity contribution in [2.24, 2.45) is 0 Å². The van der Waals surface area contributed by atoms with Gasteiger partial charge < -0.3 is 35.3 Å². The van der Waals surface area contributed by atoms with Gasteiger partial charge in [-0.05, 0) is 62.4 Å². The summed E-state index contributed by atoms with van der Waals surface area (Å²) in [6.07, 6.45) is 8.55. The van der Waals surface area contributed by atoms with Crippen molar-refractivity contribution >= 4 is 58.4 Å². The minimum atomic E-state index is -3.60. The molecule has 1 saturated carbocycles. The quantitative estimate of drug-likeness (QED) is 0.172. The molecule has 324 valence electrons. The van der Waals surface area contributed by atoms with Crippen LogP contribution in [0, 0.1) is 0 Å². The first-order valence-electron chi connectivity index (χ1n) is 21.1. The minimum Gasteiger partial charge on any atom is -0.506 e. The Morgan fingerprint density at radius 1 is 0.951 bits per heavy atom. The Labute approximate surface area is 351 Å². The normalized spacial score (nSPS) is 21.6. The van der Waals surface area contributed by atoms with Gasteiger partial charge in [-0.2, -0.15) is 13.8 Å². The Morgan fingerprint density at radius 2 is 1.70 bits per heavy atom. The maximum Gasteiger partial charge on any atom is 0.342 e. The summed E-state index contributed by atoms with van der Waals surface area (Å²) in [5.41, 5.74) is 2.26. The number of benzene rings is 1. The van der Waals surface area contributed by atoms with Crippen molar-refractivity contribution in [3.05, 3.63) is 54.0 Å². The van der Waals surface area contributed by atoms with Crippen LogP contribution in [-0.2, 0) is 19.2 Å². The molecule has 61 heavy (non-hydrogen) atoms. The van der Waals surface area contributed by atoms with E-state index in [4.69, 9.17) is 0 Å². The fourth-order valence-electron chi connectivity index (χ4n) is 8.99. The Hall–Kier alpha value is -5.98. The fourth-order valence-corrected chi connectivity index (χ4v) is 8.99. The van der Waals surface area contributed by atoms with E-state index in [-0.39, 0.29) is 70.2 Å². The third-order valence-electron chi connectivity index (χ3n) is 12.6. The zero-order chi connectivity index (χ0) is 42.8. The van der Waals surface area contributed by atoms with Gasteiger partial charge in [-0.15, -0.1) is 0 Å². The van der Waals surface area contributed by atoms with Gasteiger partial charge in [-0.1, -0.05) is 12.8 Å². The number of aromatic nitrogens is 3. The summed E-state index contributed by atoms with van der Waals surface area (Å²) in [4.78, 5) is 84.9. The van der Waals surface area contributed by atoms with Crippen LogP contribution in [0.1, 0.15) is 79.8 Å². The molecule has 4 N–H and O–H groups in total. The second-order valence-corrected chi connectivity index (χ2v) is 16.5. The lowest BCUT2D eigenvalue weighted by Gasteiger charge is -2.37. The van der Waals surface area contributed by atoms with Crippen molar-refractivity contribution in [1.29, 1.82) is 0 Å². The molecule has 3 saturated heterocycles. The van der Waals surface area contributed by atoms with Gasteiger partial charge in [0.15, 0.2) is 5.82 Å². The number of piperazine rings is 1. The van der Waals surface area contributed by atoms with E-state index in [9.17, 15) is 37.9 Å². The summed E-state index contributed by atoms with van der Waals surface area (Å²) in [6, 6.07) is 7.90. The summed E-state index contributed by atoms with van der Waals surface area (Å²) in [6.45, 7) is 4.00. The number of amides is 5. The molecule has 1 aromatic carbocycles. The average Bonchev–Trinajstić information content (AvgIpc) is 3.78. The van der Waals surface area contributed by atoms with E-state index in [1.807, 2.05) is 17.0 Å². The molecule has 17 nitrogen and oxygen atoms in total. The summed E-state index contributed by atoms with van der Waals surface area (Å²) >= 11 is 0. The van der Waals surface area contributed by atoms with Gasteiger partial charge in [0.2, 0.25) is 23.7 Å². The molecule has 0 radical (unpaired) electrons. The van der Waals surface area contributed by atoms with Crippen molar-refractivity contribution in [2.75, 3.05) is 79.4 Å². The summed E-state index contributed by atoms with van der Waals surface area (Å²) in [5, 5.41) is 19.3. The Balaban J connectivity index is 0.788. The minimum absolute atomic E-state index is 0.0358. The number of carbonyl (C=O) groups excluding carboxylic acids is 5. The Bertz CT molecular complexity index is 2170. The Morgan fingerprint density at radius 3 is 2.43 bits per heavy atom. The molecule has 0 bridgehead atoms. The number of rotatable bonds is 10. The number of piperidine rings is 2. The third-order valence-corrected chi connectivity index (χ3v) is 12.6. The van der Waals surface area contributed by atoms with E-state index >= 15 is 0 Å². The van der Waals surface area contributed by atoms with Gasteiger partial charge in [-0.25, -0.2) is 4.98 Å². The van der Waals surface area contributed by atoms with E-state index in [2.05, 4.69) is 40.7 Å². The number of phenols is 1. The number of imide groups is 1. The van der Waals surface area contributed by atoms with E-state index in [1.165, 1.54) is 30.3 Å². The second kappa shape index (κ2) is 17.6. The molecule has 3 aromatic rings. The first-order chi connectivity index (χ1) is 29.3. The largest absolute Gasteiger partial charge is 0.506 e. The van der Waals surface area contributed by atoms with Gasteiger partial charge >= 0.3 is 5.92 Å². The first kappa shape index (κ1) is 41.7. The number of alkyl halides is 2. The lowest BCUT2D eigenvalue weighted by molar-refractivity contribution is -0.140. The van der Waals surface area contributed by atoms with Crippen LogP contribution in [0.25, 0.3) is 0 Å². The number of aromatic hydroxyl groups is 1. The van der Waals surface area contributed by atoms with Crippen LogP contribution >= 0.6 is 0 Å². The van der Waals surface area contributed by atoms with Crippen molar-refractivity contribution in [1.82, 2.24) is 35.4 Å². The highest BCUT2D eigenvalue weighted by molar-refractivity contribution is 6.02. The molecule has 1 unspecified atom stereocenters. The SMILES string of the molecule is CN1C(=O)C(F)(F)CN(C2CCCC2)c2nc(Nc3ccc(C(=O)NC4CCN(C(=O)CCN5CCN(c6ccnc(C7CCC(=O)NC7=O)c6)CC5)CC4)cc3O)ncc21. The maximum absolute atomic E-state index is 15.0. The number of hydrogen-bond acceptors (Lipinski definition) is 13. The molecule has 8 rings (SSSR count). The molecule has 5 amide bonds. The van der Waals surface area contributed by atoms with E-state index < -0.39 is 24.3 Å². The van der Waals surface area contributed by atoms with Crippen molar-refractivity contribution in [2.45, 2.75) is 81.7 Å². The molecular formula is C42H51F2N11O6. The average molecular weight is 844 g/mol. The highest BCUT2D eigenvalue weighted by Gasteiger charge is 2.49. The van der Waals surface area contributed by atoms with Gasteiger partial charge in [0, 0.05) is 95.2 Å².